The van der Waals surface area contributed by atoms with Crippen molar-refractivity contribution in [2.45, 2.75) is 13.0 Å². The monoisotopic (exact) mass is 235 g/mol. The Morgan fingerprint density at radius 1 is 1.71 bits per heavy atom. The van der Waals surface area contributed by atoms with Gasteiger partial charge in [0.25, 0.3) is 5.91 Å². The highest BCUT2D eigenvalue weighted by molar-refractivity contribution is 5.94. The van der Waals surface area contributed by atoms with Crippen LogP contribution < -0.4 is 10.6 Å². The number of hydrogen-bond donors (Lipinski definition) is 2. The van der Waals surface area contributed by atoms with E-state index in [1.54, 1.807) is 18.3 Å². The van der Waals surface area contributed by atoms with Crippen LogP contribution in [0.25, 0.3) is 0 Å². The summed E-state index contributed by atoms with van der Waals surface area (Å²) in [5, 5.41) is 6.09. The van der Waals surface area contributed by atoms with E-state index in [0.29, 0.717) is 18.7 Å². The molecule has 0 aliphatic carbocycles. The predicted octanol–water partition coefficient (Wildman–Crippen LogP) is 0.108. The largest absolute Gasteiger partial charge is 0.374 e. The lowest BCUT2D eigenvalue weighted by atomic mass is 10.2. The topological polar surface area (TPSA) is 63.2 Å². The Morgan fingerprint density at radius 2 is 2.59 bits per heavy atom. The fraction of sp³-hybridized carbons (Fsp3) is 0.500. The highest BCUT2D eigenvalue weighted by Gasteiger charge is 2.14. The molecule has 0 saturated carbocycles. The summed E-state index contributed by atoms with van der Waals surface area (Å²) in [4.78, 5) is 15.9. The van der Waals surface area contributed by atoms with Gasteiger partial charge in [-0.05, 0) is 19.1 Å². The summed E-state index contributed by atoms with van der Waals surface area (Å²) >= 11 is 0. The van der Waals surface area contributed by atoms with Gasteiger partial charge < -0.3 is 15.4 Å². The molecule has 5 nitrogen and oxygen atoms in total. The van der Waals surface area contributed by atoms with Crippen LogP contribution in [0.1, 0.15) is 16.1 Å². The molecule has 0 bridgehead atoms. The molecular formula is C12H17N3O2. The minimum Gasteiger partial charge on any atom is -0.374 e. The van der Waals surface area contributed by atoms with E-state index in [4.69, 9.17) is 4.74 Å². The highest BCUT2D eigenvalue weighted by atomic mass is 16.5. The van der Waals surface area contributed by atoms with Gasteiger partial charge in [-0.3, -0.25) is 9.78 Å². The Bertz CT molecular complexity index is 389. The van der Waals surface area contributed by atoms with Crippen LogP contribution >= 0.6 is 0 Å². The molecule has 1 amide bonds. The first-order chi connectivity index (χ1) is 8.25. The van der Waals surface area contributed by atoms with Gasteiger partial charge in [0.05, 0.1) is 12.7 Å². The fourth-order valence-electron chi connectivity index (χ4n) is 1.75. The molecule has 1 saturated heterocycles. The van der Waals surface area contributed by atoms with Crippen LogP contribution in [0.5, 0.6) is 0 Å². The molecule has 0 spiro atoms. The standard InChI is InChI=1S/C12H17N3O2/c1-9-6-10(2-3-14-9)12(16)15-8-11-7-13-4-5-17-11/h2-3,6,11,13H,4-5,7-8H2,1H3,(H,15,16). The van der Waals surface area contributed by atoms with Crippen LogP contribution in [0.15, 0.2) is 18.3 Å². The first kappa shape index (κ1) is 12.0. The molecule has 1 aromatic rings. The van der Waals surface area contributed by atoms with Gasteiger partial charge in [-0.15, -0.1) is 0 Å². The highest BCUT2D eigenvalue weighted by Crippen LogP contribution is 2.01. The Morgan fingerprint density at radius 3 is 3.29 bits per heavy atom. The Kier molecular flexibility index (Phi) is 4.06. The van der Waals surface area contributed by atoms with Crippen molar-refractivity contribution in [3.8, 4) is 0 Å². The van der Waals surface area contributed by atoms with E-state index in [1.165, 1.54) is 0 Å². The molecule has 2 N–H and O–H groups in total. The van der Waals surface area contributed by atoms with Gasteiger partial charge in [-0.2, -0.15) is 0 Å². The zero-order chi connectivity index (χ0) is 12.1. The summed E-state index contributed by atoms with van der Waals surface area (Å²) in [6.45, 7) is 4.77. The summed E-state index contributed by atoms with van der Waals surface area (Å²) < 4.78 is 5.50. The van der Waals surface area contributed by atoms with Crippen molar-refractivity contribution in [1.29, 1.82) is 0 Å². The van der Waals surface area contributed by atoms with E-state index in [1.807, 2.05) is 6.92 Å². The van der Waals surface area contributed by atoms with Crippen molar-refractivity contribution < 1.29 is 9.53 Å². The summed E-state index contributed by atoms with van der Waals surface area (Å²) in [5.74, 6) is -0.0790. The van der Waals surface area contributed by atoms with E-state index < -0.39 is 0 Å². The van der Waals surface area contributed by atoms with Crippen LogP contribution in [-0.4, -0.2) is 43.2 Å². The maximum Gasteiger partial charge on any atom is 0.251 e. The third kappa shape index (κ3) is 3.51. The zero-order valence-electron chi connectivity index (χ0n) is 9.90. The number of aryl methyl sites for hydroxylation is 1. The Balaban J connectivity index is 1.84. The molecule has 1 aromatic heterocycles. The smallest absolute Gasteiger partial charge is 0.251 e. The second-order valence-electron chi connectivity index (χ2n) is 4.09. The zero-order valence-corrected chi connectivity index (χ0v) is 9.90. The quantitative estimate of drug-likeness (QED) is 0.780. The molecule has 0 aromatic carbocycles. The molecule has 1 fully saturated rings. The average Bonchev–Trinajstić information content (AvgIpc) is 2.37. The first-order valence-electron chi connectivity index (χ1n) is 5.79. The third-order valence-electron chi connectivity index (χ3n) is 2.65. The minimum absolute atomic E-state index is 0.0654. The second-order valence-corrected chi connectivity index (χ2v) is 4.09. The molecular weight excluding hydrogens is 218 g/mol. The number of aromatic nitrogens is 1. The lowest BCUT2D eigenvalue weighted by Crippen LogP contribution is -2.45. The lowest BCUT2D eigenvalue weighted by Gasteiger charge is -2.23. The van der Waals surface area contributed by atoms with Gasteiger partial charge in [0.1, 0.15) is 0 Å². The predicted molar refractivity (Wildman–Crippen MR) is 63.9 cm³/mol. The number of carbonyl (C=O) groups excluding carboxylic acids is 1. The van der Waals surface area contributed by atoms with Crippen LogP contribution in [0.3, 0.4) is 0 Å². The van der Waals surface area contributed by atoms with Crippen molar-refractivity contribution in [1.82, 2.24) is 15.6 Å². The van der Waals surface area contributed by atoms with E-state index in [0.717, 1.165) is 18.8 Å². The van der Waals surface area contributed by atoms with Crippen LogP contribution in [-0.2, 0) is 4.74 Å². The van der Waals surface area contributed by atoms with E-state index in [9.17, 15) is 4.79 Å². The normalized spacial score (nSPS) is 19.9. The Hall–Kier alpha value is -1.46. The molecule has 92 valence electrons. The molecule has 17 heavy (non-hydrogen) atoms. The second kappa shape index (κ2) is 5.75. The molecule has 2 rings (SSSR count). The van der Waals surface area contributed by atoms with Crippen LogP contribution in [0.2, 0.25) is 0 Å². The van der Waals surface area contributed by atoms with Crippen molar-refractivity contribution >= 4 is 5.91 Å². The number of nitrogens with zero attached hydrogens (tertiary/aromatic N) is 1. The molecule has 1 unspecified atom stereocenters. The average molecular weight is 235 g/mol. The van der Waals surface area contributed by atoms with Crippen LogP contribution in [0, 0.1) is 6.92 Å². The van der Waals surface area contributed by atoms with Crippen molar-refractivity contribution in [2.24, 2.45) is 0 Å². The number of ether oxygens (including phenoxy) is 1. The van der Waals surface area contributed by atoms with Gasteiger partial charge in [-0.1, -0.05) is 0 Å². The number of carbonyl (C=O) groups is 1. The summed E-state index contributed by atoms with van der Waals surface area (Å²) in [6.07, 6.45) is 1.71. The van der Waals surface area contributed by atoms with Gasteiger partial charge in [-0.25, -0.2) is 0 Å². The van der Waals surface area contributed by atoms with Gasteiger partial charge in [0.2, 0.25) is 0 Å². The van der Waals surface area contributed by atoms with E-state index >= 15 is 0 Å². The molecule has 0 radical (unpaired) electrons. The van der Waals surface area contributed by atoms with Crippen molar-refractivity contribution in [2.75, 3.05) is 26.2 Å². The SMILES string of the molecule is Cc1cc(C(=O)NCC2CNCCO2)ccn1. The number of amides is 1. The minimum atomic E-state index is -0.0790. The molecule has 1 atom stereocenters. The molecule has 1 aliphatic rings. The molecule has 5 heteroatoms. The number of nitrogens with one attached hydrogen (secondary N) is 2. The third-order valence-corrected chi connectivity index (χ3v) is 2.65. The number of morpholine rings is 1. The number of pyridine rings is 1. The first-order valence-corrected chi connectivity index (χ1v) is 5.79. The summed E-state index contributed by atoms with van der Waals surface area (Å²) in [5.41, 5.74) is 1.48. The lowest BCUT2D eigenvalue weighted by molar-refractivity contribution is 0.0287. The number of rotatable bonds is 3. The summed E-state index contributed by atoms with van der Waals surface area (Å²) in [7, 11) is 0. The van der Waals surface area contributed by atoms with Crippen molar-refractivity contribution in [3.63, 3.8) is 0 Å². The fourth-order valence-corrected chi connectivity index (χ4v) is 1.75. The van der Waals surface area contributed by atoms with E-state index in [2.05, 4.69) is 15.6 Å². The van der Waals surface area contributed by atoms with Gasteiger partial charge in [0.15, 0.2) is 0 Å². The Labute approximate surface area is 101 Å². The van der Waals surface area contributed by atoms with Crippen molar-refractivity contribution in [3.05, 3.63) is 29.6 Å². The molecule has 1 aliphatic heterocycles. The van der Waals surface area contributed by atoms with Gasteiger partial charge >= 0.3 is 0 Å². The summed E-state index contributed by atoms with van der Waals surface area (Å²) in [6, 6.07) is 3.48. The maximum absolute atomic E-state index is 11.8. The number of hydrogen-bond acceptors (Lipinski definition) is 4. The van der Waals surface area contributed by atoms with E-state index in [-0.39, 0.29) is 12.0 Å². The molecule has 2 heterocycles. The van der Waals surface area contributed by atoms with Crippen LogP contribution in [0.4, 0.5) is 0 Å². The van der Waals surface area contributed by atoms with Gasteiger partial charge in [0, 0.05) is 37.1 Å². The maximum atomic E-state index is 11.8.